The van der Waals surface area contributed by atoms with Crippen molar-refractivity contribution in [2.75, 3.05) is 26.1 Å². The molecular weight excluding hydrogens is 356 g/mol. The van der Waals surface area contributed by atoms with Crippen LogP contribution in [0.25, 0.3) is 0 Å². The molecule has 0 aliphatic heterocycles. The van der Waals surface area contributed by atoms with Crippen LogP contribution in [0, 0.1) is 0 Å². The number of anilines is 1. The van der Waals surface area contributed by atoms with Crippen molar-refractivity contribution < 1.29 is 22.7 Å². The molecule has 0 aromatic heterocycles. The fourth-order valence-electron chi connectivity index (χ4n) is 2.37. The minimum absolute atomic E-state index is 0.138. The molecule has 0 fully saturated rings. The quantitative estimate of drug-likeness (QED) is 0.734. The number of sulfonamides is 1. The molecule has 0 saturated heterocycles. The number of methoxy groups -OCH3 is 2. The van der Waals surface area contributed by atoms with Gasteiger partial charge in [0.2, 0.25) is 15.9 Å². The summed E-state index contributed by atoms with van der Waals surface area (Å²) in [7, 11) is -0.514. The smallest absolute Gasteiger partial charge is 0.240 e. The van der Waals surface area contributed by atoms with Crippen molar-refractivity contribution >= 4 is 21.6 Å². The van der Waals surface area contributed by atoms with Crippen molar-refractivity contribution in [2.24, 2.45) is 0 Å². The lowest BCUT2D eigenvalue weighted by atomic mass is 10.1. The molecule has 7 nitrogen and oxygen atoms in total. The Balaban J connectivity index is 1.98. The number of hydrogen-bond donors (Lipinski definition) is 2. The Morgan fingerprint density at radius 1 is 1.00 bits per heavy atom. The summed E-state index contributed by atoms with van der Waals surface area (Å²) in [6.45, 7) is 1.63. The summed E-state index contributed by atoms with van der Waals surface area (Å²) in [6, 6.07) is 11.4. The molecule has 0 radical (unpaired) electrons. The molecule has 0 bridgehead atoms. The molecule has 140 valence electrons. The van der Waals surface area contributed by atoms with Crippen molar-refractivity contribution in [3.63, 3.8) is 0 Å². The van der Waals surface area contributed by atoms with E-state index in [0.717, 1.165) is 5.56 Å². The van der Waals surface area contributed by atoms with Gasteiger partial charge in [0.1, 0.15) is 0 Å². The van der Waals surface area contributed by atoms with Gasteiger partial charge in [-0.05, 0) is 48.4 Å². The van der Waals surface area contributed by atoms with Crippen LogP contribution in [-0.4, -0.2) is 35.1 Å². The monoisotopic (exact) mass is 378 g/mol. The summed E-state index contributed by atoms with van der Waals surface area (Å²) in [5.41, 5.74) is 1.47. The Morgan fingerprint density at radius 2 is 1.65 bits per heavy atom. The van der Waals surface area contributed by atoms with Gasteiger partial charge in [0.05, 0.1) is 19.1 Å². The molecule has 0 heterocycles. The SMILES string of the molecule is COc1ccc(CCNS(=O)(=O)c2ccc(NC(C)=O)cc2)cc1OC. The standard InChI is InChI=1S/C18H22N2O5S/c1-13(21)20-15-5-7-16(8-6-15)26(22,23)19-11-10-14-4-9-17(24-2)18(12-14)25-3/h4-9,12,19H,10-11H2,1-3H3,(H,20,21). The van der Waals surface area contributed by atoms with E-state index in [2.05, 4.69) is 10.0 Å². The molecule has 1 amide bonds. The molecular formula is C18H22N2O5S. The molecule has 2 aromatic carbocycles. The summed E-state index contributed by atoms with van der Waals surface area (Å²) in [5, 5.41) is 2.59. The van der Waals surface area contributed by atoms with Crippen molar-refractivity contribution in [1.29, 1.82) is 0 Å². The highest BCUT2D eigenvalue weighted by molar-refractivity contribution is 7.89. The first kappa shape index (κ1) is 19.7. The van der Waals surface area contributed by atoms with E-state index >= 15 is 0 Å². The first-order valence-corrected chi connectivity index (χ1v) is 9.42. The zero-order chi connectivity index (χ0) is 19.2. The summed E-state index contributed by atoms with van der Waals surface area (Å²) in [5.74, 6) is 1.01. The molecule has 0 aliphatic rings. The lowest BCUT2D eigenvalue weighted by Gasteiger charge is -2.11. The number of hydrogen-bond acceptors (Lipinski definition) is 5. The lowest BCUT2D eigenvalue weighted by molar-refractivity contribution is -0.114. The zero-order valence-electron chi connectivity index (χ0n) is 14.9. The van der Waals surface area contributed by atoms with E-state index in [9.17, 15) is 13.2 Å². The molecule has 2 N–H and O–H groups in total. The first-order chi connectivity index (χ1) is 12.4. The molecule has 2 aromatic rings. The van der Waals surface area contributed by atoms with Gasteiger partial charge in [0.25, 0.3) is 0 Å². The number of carbonyl (C=O) groups excluding carboxylic acids is 1. The van der Waals surface area contributed by atoms with Crippen molar-refractivity contribution in [3.8, 4) is 11.5 Å². The Labute approximate surface area is 153 Å². The number of benzene rings is 2. The van der Waals surface area contributed by atoms with Crippen molar-refractivity contribution in [3.05, 3.63) is 48.0 Å². The van der Waals surface area contributed by atoms with Crippen molar-refractivity contribution in [2.45, 2.75) is 18.2 Å². The largest absolute Gasteiger partial charge is 0.493 e. The maximum Gasteiger partial charge on any atom is 0.240 e. The van der Waals surface area contributed by atoms with Gasteiger partial charge in [-0.3, -0.25) is 4.79 Å². The minimum atomic E-state index is -3.62. The van der Waals surface area contributed by atoms with Crippen LogP contribution in [0.3, 0.4) is 0 Å². The zero-order valence-corrected chi connectivity index (χ0v) is 15.7. The van der Waals surface area contributed by atoms with Gasteiger partial charge < -0.3 is 14.8 Å². The van der Waals surface area contributed by atoms with E-state index in [1.54, 1.807) is 32.4 Å². The molecule has 2 rings (SSSR count). The van der Waals surface area contributed by atoms with Crippen molar-refractivity contribution in [1.82, 2.24) is 4.72 Å². The third-order valence-electron chi connectivity index (χ3n) is 3.64. The maximum absolute atomic E-state index is 12.3. The fourth-order valence-corrected chi connectivity index (χ4v) is 3.40. The summed E-state index contributed by atoms with van der Waals surface area (Å²) in [6.07, 6.45) is 0.504. The third-order valence-corrected chi connectivity index (χ3v) is 5.12. The van der Waals surface area contributed by atoms with Crippen LogP contribution in [0.15, 0.2) is 47.4 Å². The van der Waals surface area contributed by atoms with Gasteiger partial charge >= 0.3 is 0 Å². The van der Waals surface area contributed by atoms with E-state index in [1.165, 1.54) is 19.1 Å². The summed E-state index contributed by atoms with van der Waals surface area (Å²) in [4.78, 5) is 11.1. The van der Waals surface area contributed by atoms with Crippen LogP contribution < -0.4 is 19.5 Å². The Hall–Kier alpha value is -2.58. The second-order valence-corrected chi connectivity index (χ2v) is 7.31. The average Bonchev–Trinajstić information content (AvgIpc) is 2.61. The molecule has 26 heavy (non-hydrogen) atoms. The number of carbonyl (C=O) groups is 1. The number of rotatable bonds is 8. The molecule has 0 unspecified atom stereocenters. The number of nitrogens with one attached hydrogen (secondary N) is 2. The second kappa shape index (κ2) is 8.68. The van der Waals surface area contributed by atoms with Gasteiger partial charge in [0, 0.05) is 19.2 Å². The van der Waals surface area contributed by atoms with Crippen LogP contribution in [0.1, 0.15) is 12.5 Å². The second-order valence-electron chi connectivity index (χ2n) is 5.54. The van der Waals surface area contributed by atoms with E-state index < -0.39 is 10.0 Å². The van der Waals surface area contributed by atoms with E-state index in [0.29, 0.717) is 23.6 Å². The van der Waals surface area contributed by atoms with Gasteiger partial charge in [0.15, 0.2) is 11.5 Å². The summed E-state index contributed by atoms with van der Waals surface area (Å²) >= 11 is 0. The van der Waals surface area contributed by atoms with Crippen LogP contribution in [0.5, 0.6) is 11.5 Å². The van der Waals surface area contributed by atoms with Gasteiger partial charge in [-0.25, -0.2) is 13.1 Å². The maximum atomic E-state index is 12.3. The van der Waals surface area contributed by atoms with Crippen LogP contribution >= 0.6 is 0 Å². The van der Waals surface area contributed by atoms with Gasteiger partial charge in [-0.1, -0.05) is 6.07 Å². The Kier molecular flexibility index (Phi) is 6.59. The van der Waals surface area contributed by atoms with E-state index in [1.807, 2.05) is 12.1 Å². The highest BCUT2D eigenvalue weighted by atomic mass is 32.2. The van der Waals surface area contributed by atoms with Crippen LogP contribution in [0.2, 0.25) is 0 Å². The van der Waals surface area contributed by atoms with Crippen LogP contribution in [-0.2, 0) is 21.2 Å². The highest BCUT2D eigenvalue weighted by Gasteiger charge is 2.13. The average molecular weight is 378 g/mol. The minimum Gasteiger partial charge on any atom is -0.493 e. The van der Waals surface area contributed by atoms with E-state index in [-0.39, 0.29) is 17.3 Å². The normalized spacial score (nSPS) is 11.0. The molecule has 0 atom stereocenters. The number of ether oxygens (including phenoxy) is 2. The lowest BCUT2D eigenvalue weighted by Crippen LogP contribution is -2.26. The fraction of sp³-hybridized carbons (Fsp3) is 0.278. The van der Waals surface area contributed by atoms with Crippen LogP contribution in [0.4, 0.5) is 5.69 Å². The summed E-state index contributed by atoms with van der Waals surface area (Å²) < 4.78 is 37.7. The Bertz CT molecular complexity index is 864. The molecule has 0 spiro atoms. The molecule has 0 saturated carbocycles. The topological polar surface area (TPSA) is 93.7 Å². The molecule has 0 aliphatic carbocycles. The predicted molar refractivity (Wildman–Crippen MR) is 99.2 cm³/mol. The van der Waals surface area contributed by atoms with Gasteiger partial charge in [-0.2, -0.15) is 0 Å². The highest BCUT2D eigenvalue weighted by Crippen LogP contribution is 2.27. The molecule has 8 heteroatoms. The number of amides is 1. The third kappa shape index (κ3) is 5.21. The first-order valence-electron chi connectivity index (χ1n) is 7.94. The van der Waals surface area contributed by atoms with Gasteiger partial charge in [-0.15, -0.1) is 0 Å². The Morgan fingerprint density at radius 3 is 2.23 bits per heavy atom. The predicted octanol–water partition coefficient (Wildman–Crippen LogP) is 2.18. The van der Waals surface area contributed by atoms with E-state index in [4.69, 9.17) is 9.47 Å².